The van der Waals surface area contributed by atoms with Gasteiger partial charge in [-0.1, -0.05) is 43.8 Å². The van der Waals surface area contributed by atoms with Gasteiger partial charge in [0.25, 0.3) is 5.56 Å². The number of fused-ring (bicyclic) bond motifs is 1. The van der Waals surface area contributed by atoms with Crippen molar-refractivity contribution in [3.63, 3.8) is 0 Å². The van der Waals surface area contributed by atoms with E-state index in [4.69, 9.17) is 5.73 Å². The van der Waals surface area contributed by atoms with Crippen molar-refractivity contribution in [1.82, 2.24) is 18.7 Å². The van der Waals surface area contributed by atoms with E-state index in [1.165, 1.54) is 23.4 Å². The molecule has 10 nitrogen and oxygen atoms in total. The van der Waals surface area contributed by atoms with Crippen LogP contribution in [0.25, 0.3) is 11.2 Å². The van der Waals surface area contributed by atoms with Gasteiger partial charge in [-0.3, -0.25) is 19.0 Å². The van der Waals surface area contributed by atoms with Crippen LogP contribution in [0.3, 0.4) is 0 Å². The summed E-state index contributed by atoms with van der Waals surface area (Å²) in [5.74, 6) is -0.580. The third-order valence-corrected chi connectivity index (χ3v) is 5.81. The molecule has 170 valence electrons. The zero-order valence-electron chi connectivity index (χ0n) is 18.2. The van der Waals surface area contributed by atoms with Crippen molar-refractivity contribution in [2.45, 2.75) is 38.5 Å². The Morgan fingerprint density at radius 3 is 2.47 bits per heavy atom. The van der Waals surface area contributed by atoms with Crippen molar-refractivity contribution in [1.29, 1.82) is 0 Å². The number of carbonyl (C=O) groups excluding carboxylic acids is 2. The zero-order valence-corrected chi connectivity index (χ0v) is 19.0. The van der Waals surface area contributed by atoms with Crippen LogP contribution in [0.15, 0.2) is 45.1 Å². The second-order valence-corrected chi connectivity index (χ2v) is 8.75. The van der Waals surface area contributed by atoms with Gasteiger partial charge >= 0.3 is 5.69 Å². The maximum atomic E-state index is 13.1. The van der Waals surface area contributed by atoms with E-state index in [2.05, 4.69) is 24.1 Å². The highest BCUT2D eigenvalue weighted by Crippen LogP contribution is 2.23. The molecule has 0 aliphatic carbocycles. The maximum Gasteiger partial charge on any atom is 0.332 e. The van der Waals surface area contributed by atoms with Gasteiger partial charge in [0.05, 0.1) is 5.75 Å². The summed E-state index contributed by atoms with van der Waals surface area (Å²) in [6, 6.07) is 9.09. The molecule has 0 unspecified atom stereocenters. The summed E-state index contributed by atoms with van der Waals surface area (Å²) in [5.41, 5.74) is 5.02. The molecule has 2 aromatic heterocycles. The zero-order chi connectivity index (χ0) is 23.4. The van der Waals surface area contributed by atoms with Crippen molar-refractivity contribution in [2.75, 3.05) is 11.1 Å². The Morgan fingerprint density at radius 2 is 1.84 bits per heavy atom. The summed E-state index contributed by atoms with van der Waals surface area (Å²) in [5, 5.41) is 3.26. The van der Waals surface area contributed by atoms with Crippen LogP contribution in [0.5, 0.6) is 0 Å². The molecule has 0 atom stereocenters. The number of hydrogen-bond acceptors (Lipinski definition) is 6. The first-order valence-corrected chi connectivity index (χ1v) is 11.1. The standard InChI is InChI=1S/C21H26N6O4S/c1-13(2)9-10-26-17-18(25(3)21(31)27(19(17)30)11-15(22)28)24-20(26)32-12-16(29)23-14-7-5-4-6-8-14/h4-8,13H,9-12H2,1-3H3,(H2,22,28)(H,23,29). The average Bonchev–Trinajstić information content (AvgIpc) is 3.11. The van der Waals surface area contributed by atoms with E-state index in [0.29, 0.717) is 23.3 Å². The number of benzene rings is 1. The largest absolute Gasteiger partial charge is 0.368 e. The lowest BCUT2D eigenvalue weighted by Crippen LogP contribution is -2.42. The van der Waals surface area contributed by atoms with Crippen LogP contribution >= 0.6 is 11.8 Å². The lowest BCUT2D eigenvalue weighted by Gasteiger charge is -2.11. The molecule has 11 heteroatoms. The Kier molecular flexibility index (Phi) is 7.18. The number of nitrogens with two attached hydrogens (primary N) is 1. The molecular formula is C21H26N6O4S. The van der Waals surface area contributed by atoms with Gasteiger partial charge in [-0.2, -0.15) is 0 Å². The number of thioether (sulfide) groups is 1. The summed E-state index contributed by atoms with van der Waals surface area (Å²) in [6.45, 7) is 4.07. The maximum absolute atomic E-state index is 13.1. The number of nitrogens with zero attached hydrogens (tertiary/aromatic N) is 4. The van der Waals surface area contributed by atoms with Crippen LogP contribution in [-0.2, 0) is 29.7 Å². The summed E-state index contributed by atoms with van der Waals surface area (Å²) in [4.78, 5) is 54.0. The Balaban J connectivity index is 2.00. The molecule has 2 amide bonds. The van der Waals surface area contributed by atoms with Gasteiger partial charge in [-0.15, -0.1) is 0 Å². The predicted molar refractivity (Wildman–Crippen MR) is 124 cm³/mol. The summed E-state index contributed by atoms with van der Waals surface area (Å²) >= 11 is 1.18. The second kappa shape index (κ2) is 9.86. The first-order chi connectivity index (χ1) is 15.2. The molecule has 0 spiro atoms. The molecule has 32 heavy (non-hydrogen) atoms. The van der Waals surface area contributed by atoms with Crippen molar-refractivity contribution < 1.29 is 9.59 Å². The van der Waals surface area contributed by atoms with E-state index in [9.17, 15) is 19.2 Å². The highest BCUT2D eigenvalue weighted by Gasteiger charge is 2.22. The number of aromatic nitrogens is 4. The molecule has 2 heterocycles. The number of hydrogen-bond donors (Lipinski definition) is 2. The Labute approximate surface area is 188 Å². The van der Waals surface area contributed by atoms with Crippen LogP contribution in [0.4, 0.5) is 5.69 Å². The Hall–Kier alpha value is -3.34. The molecule has 3 rings (SSSR count). The van der Waals surface area contributed by atoms with Gasteiger partial charge in [0.1, 0.15) is 6.54 Å². The molecule has 0 aliphatic rings. The average molecular weight is 459 g/mol. The minimum absolute atomic E-state index is 0.0727. The number of anilines is 1. The van der Waals surface area contributed by atoms with Gasteiger partial charge in [-0.05, 0) is 24.5 Å². The molecule has 0 saturated carbocycles. The van der Waals surface area contributed by atoms with E-state index in [-0.39, 0.29) is 22.8 Å². The van der Waals surface area contributed by atoms with Gasteiger partial charge in [0.15, 0.2) is 16.3 Å². The van der Waals surface area contributed by atoms with E-state index < -0.39 is 23.7 Å². The number of para-hydroxylation sites is 1. The Bertz CT molecular complexity index is 1260. The topological polar surface area (TPSA) is 134 Å². The lowest BCUT2D eigenvalue weighted by molar-refractivity contribution is -0.118. The second-order valence-electron chi connectivity index (χ2n) is 7.80. The molecule has 0 fully saturated rings. The van der Waals surface area contributed by atoms with Crippen molar-refractivity contribution in [3.8, 4) is 0 Å². The monoisotopic (exact) mass is 458 g/mol. The SMILES string of the molecule is CC(C)CCn1c(SCC(=O)Nc2ccccc2)nc2c1c(=O)n(CC(N)=O)c(=O)n2C. The Morgan fingerprint density at radius 1 is 1.16 bits per heavy atom. The van der Waals surface area contributed by atoms with Gasteiger partial charge in [-0.25, -0.2) is 14.3 Å². The molecule has 1 aromatic carbocycles. The molecule has 3 N–H and O–H groups in total. The van der Waals surface area contributed by atoms with E-state index in [1.54, 1.807) is 16.7 Å². The van der Waals surface area contributed by atoms with Crippen molar-refractivity contribution in [3.05, 3.63) is 51.2 Å². The minimum Gasteiger partial charge on any atom is -0.368 e. The predicted octanol–water partition coefficient (Wildman–Crippen LogP) is 1.16. The minimum atomic E-state index is -0.788. The van der Waals surface area contributed by atoms with Crippen LogP contribution < -0.4 is 22.3 Å². The molecule has 0 saturated heterocycles. The molecule has 0 aliphatic heterocycles. The molecule has 3 aromatic rings. The van der Waals surface area contributed by atoms with E-state index in [1.807, 2.05) is 18.2 Å². The van der Waals surface area contributed by atoms with E-state index >= 15 is 0 Å². The quantitative estimate of drug-likeness (QED) is 0.462. The smallest absolute Gasteiger partial charge is 0.332 e. The number of rotatable bonds is 9. The summed E-state index contributed by atoms with van der Waals surface area (Å²) in [7, 11) is 1.48. The fourth-order valence-corrected chi connectivity index (χ4v) is 4.02. The molecule has 0 radical (unpaired) electrons. The van der Waals surface area contributed by atoms with Crippen molar-refractivity contribution in [2.24, 2.45) is 18.7 Å². The number of imidazole rings is 1. The summed E-state index contributed by atoms with van der Waals surface area (Å²) < 4.78 is 3.75. The van der Waals surface area contributed by atoms with Crippen LogP contribution in [0.2, 0.25) is 0 Å². The van der Waals surface area contributed by atoms with Crippen LogP contribution in [0.1, 0.15) is 20.3 Å². The number of aryl methyl sites for hydroxylation is 2. The highest BCUT2D eigenvalue weighted by molar-refractivity contribution is 7.99. The molecule has 0 bridgehead atoms. The number of primary amides is 1. The number of amides is 2. The number of carbonyl (C=O) groups is 2. The fraction of sp³-hybridized carbons (Fsp3) is 0.381. The molecular weight excluding hydrogens is 432 g/mol. The first-order valence-electron chi connectivity index (χ1n) is 10.1. The lowest BCUT2D eigenvalue weighted by atomic mass is 10.1. The van der Waals surface area contributed by atoms with Crippen molar-refractivity contribution >= 4 is 40.4 Å². The van der Waals surface area contributed by atoms with E-state index in [0.717, 1.165) is 11.0 Å². The third-order valence-electron chi connectivity index (χ3n) is 4.83. The third kappa shape index (κ3) is 5.10. The summed E-state index contributed by atoms with van der Waals surface area (Å²) in [6.07, 6.45) is 0.757. The fourth-order valence-electron chi connectivity index (χ4n) is 3.20. The normalized spacial score (nSPS) is 11.2. The van der Waals surface area contributed by atoms with Gasteiger partial charge < -0.3 is 15.6 Å². The highest BCUT2D eigenvalue weighted by atomic mass is 32.2. The van der Waals surface area contributed by atoms with Gasteiger partial charge in [0, 0.05) is 19.3 Å². The van der Waals surface area contributed by atoms with Gasteiger partial charge in [0.2, 0.25) is 11.8 Å². The van der Waals surface area contributed by atoms with Crippen LogP contribution in [-0.4, -0.2) is 36.3 Å². The number of nitrogens with one attached hydrogen (secondary N) is 1. The first kappa shape index (κ1) is 23.3. The van der Waals surface area contributed by atoms with Crippen LogP contribution in [0, 0.1) is 5.92 Å².